The first-order chi connectivity index (χ1) is 19.3. The van der Waals surface area contributed by atoms with E-state index in [0.717, 1.165) is 37.1 Å². The van der Waals surface area contributed by atoms with E-state index >= 15 is 0 Å². The van der Waals surface area contributed by atoms with Gasteiger partial charge < -0.3 is 10.6 Å². The van der Waals surface area contributed by atoms with Gasteiger partial charge >= 0.3 is 21.7 Å². The summed E-state index contributed by atoms with van der Waals surface area (Å²) >= 11 is 0. The number of rotatable bonds is 8. The number of benzene rings is 2. The molecule has 212 valence electrons. The Balaban J connectivity index is 0.000000573. The first-order valence-electron chi connectivity index (χ1n) is 12.3. The molecule has 0 aliphatic heterocycles. The monoisotopic (exact) mass is 598 g/mol. The number of hydrogen-bond donors (Lipinski definition) is 2. The van der Waals surface area contributed by atoms with Crippen LogP contribution in [0.15, 0.2) is 86.0 Å². The molecule has 0 unspecified atom stereocenters. The van der Waals surface area contributed by atoms with Crippen LogP contribution in [0, 0.1) is 47.6 Å². The Morgan fingerprint density at radius 3 is 1.37 bits per heavy atom. The van der Waals surface area contributed by atoms with Crippen LogP contribution in [0.4, 0.5) is 28.9 Å². The van der Waals surface area contributed by atoms with E-state index < -0.39 is 23.3 Å². The van der Waals surface area contributed by atoms with Crippen LogP contribution in [0.5, 0.6) is 0 Å². The van der Waals surface area contributed by atoms with Crippen molar-refractivity contribution < 1.29 is 48.9 Å². The zero-order valence-electron chi connectivity index (χ0n) is 22.4. The van der Waals surface area contributed by atoms with Gasteiger partial charge in [-0.15, -0.1) is 62.4 Å². The van der Waals surface area contributed by atoms with E-state index in [9.17, 15) is 27.2 Å². The Labute approximate surface area is 254 Å². The van der Waals surface area contributed by atoms with Gasteiger partial charge in [-0.3, -0.25) is 21.7 Å². The second-order valence-corrected chi connectivity index (χ2v) is 7.83. The summed E-state index contributed by atoms with van der Waals surface area (Å²) in [4.78, 5) is 22.4. The normalized spacial score (nSPS) is 11.4. The van der Waals surface area contributed by atoms with Crippen LogP contribution in [-0.4, -0.2) is 11.8 Å². The van der Waals surface area contributed by atoms with Crippen LogP contribution in [0.3, 0.4) is 0 Å². The molecule has 2 aliphatic carbocycles. The fraction of sp³-hybridized carbons (Fsp3) is 0.188. The Bertz CT molecular complexity index is 1120. The zero-order chi connectivity index (χ0) is 29.6. The molecule has 2 N–H and O–H groups in total. The Morgan fingerprint density at radius 2 is 1.12 bits per heavy atom. The summed E-state index contributed by atoms with van der Waals surface area (Å²) in [7, 11) is 0. The molecule has 0 saturated carbocycles. The number of carbonyl (C=O) groups is 2. The third-order valence-corrected chi connectivity index (χ3v) is 4.59. The van der Waals surface area contributed by atoms with E-state index in [1.54, 1.807) is 12.2 Å². The summed E-state index contributed by atoms with van der Waals surface area (Å²) in [5.74, 6) is -4.07. The quantitative estimate of drug-likeness (QED) is 0.140. The van der Waals surface area contributed by atoms with Crippen molar-refractivity contribution in [3.05, 3.63) is 134 Å². The molecule has 0 heterocycles. The molecular formula is C32H30F4N2O2Ti. The minimum atomic E-state index is -0.901. The SMILES string of the molecule is C=CCCC(=O)Nc1ccc(F)[c-]c1F.C=CCCC(=O)Nc1ccc(F)[c-]c1F.[C-]1=CC=CC1.[C-]1=CC=CC1.[Ti+4]. The predicted octanol–water partition coefficient (Wildman–Crippen LogP) is 7.95. The van der Waals surface area contributed by atoms with Gasteiger partial charge in [0.2, 0.25) is 11.8 Å². The molecule has 2 aromatic carbocycles. The first-order valence-corrected chi connectivity index (χ1v) is 12.3. The number of allylic oxidation sites excluding steroid dienone is 10. The van der Waals surface area contributed by atoms with E-state index in [1.807, 2.05) is 36.4 Å². The average Bonchev–Trinajstić information content (AvgIpc) is 3.70. The Hall–Kier alpha value is -3.75. The van der Waals surface area contributed by atoms with Gasteiger partial charge in [-0.25, -0.2) is 41.9 Å². The molecule has 2 aliphatic rings. The second-order valence-electron chi connectivity index (χ2n) is 7.83. The number of amides is 2. The maximum absolute atomic E-state index is 13.0. The van der Waals surface area contributed by atoms with Gasteiger partial charge in [-0.1, -0.05) is 12.2 Å². The molecule has 4 rings (SSSR count). The Morgan fingerprint density at radius 1 is 0.732 bits per heavy atom. The van der Waals surface area contributed by atoms with Crippen LogP contribution < -0.4 is 10.6 Å². The van der Waals surface area contributed by atoms with E-state index in [-0.39, 0.29) is 57.7 Å². The van der Waals surface area contributed by atoms with E-state index in [2.05, 4.69) is 48.1 Å². The fourth-order valence-electron chi connectivity index (χ4n) is 2.65. The molecule has 4 nitrogen and oxygen atoms in total. The van der Waals surface area contributed by atoms with E-state index in [4.69, 9.17) is 0 Å². The molecule has 0 fully saturated rings. The van der Waals surface area contributed by atoms with Crippen LogP contribution in [0.2, 0.25) is 0 Å². The number of anilines is 2. The maximum Gasteiger partial charge on any atom is 4.00 e. The van der Waals surface area contributed by atoms with Crippen molar-refractivity contribution in [3.63, 3.8) is 0 Å². The number of hydrogen-bond acceptors (Lipinski definition) is 2. The van der Waals surface area contributed by atoms with Crippen molar-refractivity contribution in [2.24, 2.45) is 0 Å². The van der Waals surface area contributed by atoms with Crippen molar-refractivity contribution in [3.8, 4) is 0 Å². The van der Waals surface area contributed by atoms with Crippen molar-refractivity contribution >= 4 is 23.2 Å². The molecule has 0 aromatic heterocycles. The van der Waals surface area contributed by atoms with Crippen LogP contribution in [0.1, 0.15) is 38.5 Å². The maximum atomic E-state index is 13.0. The largest absolute Gasteiger partial charge is 4.00 e. The summed E-state index contributed by atoms with van der Waals surface area (Å²) in [6, 6.07) is 8.05. The van der Waals surface area contributed by atoms with Crippen LogP contribution >= 0.6 is 0 Å². The third-order valence-electron chi connectivity index (χ3n) is 4.59. The first kappa shape index (κ1) is 37.3. The van der Waals surface area contributed by atoms with Crippen LogP contribution in [-0.2, 0) is 31.3 Å². The molecule has 2 amide bonds. The van der Waals surface area contributed by atoms with Crippen molar-refractivity contribution in [2.45, 2.75) is 38.5 Å². The molecule has 41 heavy (non-hydrogen) atoms. The van der Waals surface area contributed by atoms with Gasteiger partial charge in [-0.2, -0.15) is 12.2 Å². The van der Waals surface area contributed by atoms with Gasteiger partial charge in [0.25, 0.3) is 0 Å². The predicted molar refractivity (Wildman–Crippen MR) is 150 cm³/mol. The number of nitrogens with one attached hydrogen (secondary N) is 2. The minimum Gasteiger partial charge on any atom is -0.377 e. The van der Waals surface area contributed by atoms with Crippen LogP contribution in [0.25, 0.3) is 0 Å². The molecule has 2 aromatic rings. The summed E-state index contributed by atoms with van der Waals surface area (Å²) in [5.41, 5.74) is -0.129. The van der Waals surface area contributed by atoms with Gasteiger partial charge in [0.05, 0.1) is 0 Å². The third kappa shape index (κ3) is 18.3. The van der Waals surface area contributed by atoms with Gasteiger partial charge in [0.1, 0.15) is 0 Å². The van der Waals surface area contributed by atoms with Crippen molar-refractivity contribution in [1.29, 1.82) is 0 Å². The number of halogens is 4. The summed E-state index contributed by atoms with van der Waals surface area (Å²) in [5, 5.41) is 4.63. The van der Waals surface area contributed by atoms with Crippen molar-refractivity contribution in [2.75, 3.05) is 10.6 Å². The molecule has 0 spiro atoms. The molecule has 0 radical (unpaired) electrons. The van der Waals surface area contributed by atoms with Gasteiger partial charge in [-0.05, 0) is 24.2 Å². The topological polar surface area (TPSA) is 58.2 Å². The standard InChI is InChI=1S/2C11H10F2NO.2C5H5.Ti/c2*1-2-3-4-11(15)14-10-6-5-8(12)7-9(10)13;2*1-2-4-5-3-1;/h2*2,5-6H,1,3-4H2,(H,14,15);2*1-3H,4H2;/q4*-1;+4. The molecule has 9 heteroatoms. The zero-order valence-corrected chi connectivity index (χ0v) is 24.0. The summed E-state index contributed by atoms with van der Waals surface area (Å²) in [6.45, 7) is 6.92. The summed E-state index contributed by atoms with van der Waals surface area (Å²) in [6.07, 6.45) is 24.6. The fourth-order valence-corrected chi connectivity index (χ4v) is 2.65. The minimum absolute atomic E-state index is 0. The smallest absolute Gasteiger partial charge is 0.377 e. The molecule has 0 bridgehead atoms. The Kier molecular flexibility index (Phi) is 20.9. The molecule has 0 saturated heterocycles. The molecular weight excluding hydrogens is 568 g/mol. The summed E-state index contributed by atoms with van der Waals surface area (Å²) < 4.78 is 50.9. The van der Waals surface area contributed by atoms with Crippen molar-refractivity contribution in [1.82, 2.24) is 0 Å². The molecule has 0 atom stereocenters. The average molecular weight is 598 g/mol. The van der Waals surface area contributed by atoms with E-state index in [1.165, 1.54) is 0 Å². The van der Waals surface area contributed by atoms with Gasteiger partial charge in [0, 0.05) is 36.1 Å². The van der Waals surface area contributed by atoms with E-state index in [0.29, 0.717) is 12.8 Å². The second kappa shape index (κ2) is 23.0. The number of carbonyl (C=O) groups excluding carboxylic acids is 2. The van der Waals surface area contributed by atoms with Gasteiger partial charge in [0.15, 0.2) is 0 Å².